The van der Waals surface area contributed by atoms with E-state index in [2.05, 4.69) is 19.2 Å². The molecular weight excluding hydrogens is 512 g/mol. The van der Waals surface area contributed by atoms with E-state index in [9.17, 15) is 29.5 Å². The van der Waals surface area contributed by atoms with Crippen LogP contribution in [0.15, 0.2) is 30.3 Å². The minimum absolute atomic E-state index is 0.0473. The summed E-state index contributed by atoms with van der Waals surface area (Å²) in [5.74, 6) is -1.88. The first-order valence-electron chi connectivity index (χ1n) is 14.3. The van der Waals surface area contributed by atoms with Crippen molar-refractivity contribution in [2.45, 2.75) is 85.0 Å². The lowest BCUT2D eigenvalue weighted by atomic mass is 9.96. The monoisotopic (exact) mass is 556 g/mol. The molecule has 0 aliphatic carbocycles. The number of nitrogens with one attached hydrogen (secondary N) is 1. The Hall–Kier alpha value is -3.65. The molecule has 11 nitrogen and oxygen atoms in total. The third-order valence-electron chi connectivity index (χ3n) is 7.22. The summed E-state index contributed by atoms with van der Waals surface area (Å²) < 4.78 is 0. The van der Waals surface area contributed by atoms with Crippen molar-refractivity contribution in [2.24, 2.45) is 5.92 Å². The van der Waals surface area contributed by atoms with Gasteiger partial charge in [-0.05, 0) is 17.9 Å². The Balaban J connectivity index is 0.00000274. The predicted octanol–water partition coefficient (Wildman–Crippen LogP) is 3.43. The summed E-state index contributed by atoms with van der Waals surface area (Å²) in [7, 11) is 0. The van der Waals surface area contributed by atoms with Crippen LogP contribution in [-0.2, 0) is 20.9 Å². The Labute approximate surface area is 237 Å². The number of nitrogens with zero attached hydrogens (tertiary/aromatic N) is 5. The molecule has 0 spiro atoms. The normalized spacial score (nSPS) is 19.7. The van der Waals surface area contributed by atoms with Crippen LogP contribution in [-0.4, -0.2) is 87.1 Å². The number of hydrogen-bond donors (Lipinski definition) is 2. The second-order valence-corrected chi connectivity index (χ2v) is 9.88. The number of benzene rings is 1. The largest absolute Gasteiger partial charge is 0.481 e. The van der Waals surface area contributed by atoms with Gasteiger partial charge in [-0.3, -0.25) is 14.4 Å². The van der Waals surface area contributed by atoms with E-state index in [-0.39, 0.29) is 32.1 Å². The number of hydrogen-bond acceptors (Lipinski definition) is 6. The van der Waals surface area contributed by atoms with Crippen LogP contribution in [0.2, 0.25) is 0 Å². The van der Waals surface area contributed by atoms with E-state index in [1.165, 1.54) is 14.9 Å². The van der Waals surface area contributed by atoms with Crippen LogP contribution in [0.25, 0.3) is 0 Å². The number of nitriles is 1. The number of urea groups is 1. The predicted molar refractivity (Wildman–Crippen MR) is 150 cm³/mol. The first kappa shape index (κ1) is 32.6. The summed E-state index contributed by atoms with van der Waals surface area (Å²) >= 11 is 0. The van der Waals surface area contributed by atoms with Gasteiger partial charge in [-0.1, -0.05) is 83.7 Å². The van der Waals surface area contributed by atoms with Crippen molar-refractivity contribution in [3.63, 3.8) is 0 Å². The maximum atomic E-state index is 13.5. The molecule has 1 aromatic carbocycles. The van der Waals surface area contributed by atoms with Crippen molar-refractivity contribution in [2.75, 3.05) is 26.2 Å². The quantitative estimate of drug-likeness (QED) is 0.297. The minimum atomic E-state index is -1.22. The molecule has 2 unspecified atom stereocenters. The molecule has 0 saturated carbocycles. The lowest BCUT2D eigenvalue weighted by Gasteiger charge is -2.54. The number of hydrazine groups is 1. The van der Waals surface area contributed by atoms with Crippen LogP contribution in [0.4, 0.5) is 4.79 Å². The molecule has 2 N–H and O–H groups in total. The lowest BCUT2D eigenvalue weighted by molar-refractivity contribution is -0.190. The average molecular weight is 557 g/mol. The van der Waals surface area contributed by atoms with E-state index >= 15 is 0 Å². The number of carboxylic acids is 1. The molecule has 2 aliphatic rings. The molecule has 11 heteroatoms. The Bertz CT molecular complexity index is 1030. The molecule has 2 saturated heterocycles. The second kappa shape index (κ2) is 16.5. The molecule has 3 rings (SSSR count). The van der Waals surface area contributed by atoms with Gasteiger partial charge in [0.05, 0.1) is 25.6 Å². The van der Waals surface area contributed by atoms with Crippen molar-refractivity contribution < 1.29 is 24.3 Å². The van der Waals surface area contributed by atoms with Gasteiger partial charge in [0.1, 0.15) is 18.8 Å². The highest BCUT2D eigenvalue weighted by Gasteiger charge is 2.52. The maximum absolute atomic E-state index is 13.5. The average Bonchev–Trinajstić information content (AvgIpc) is 2.95. The molecule has 220 valence electrons. The highest BCUT2D eigenvalue weighted by molar-refractivity contribution is 5.93. The molecule has 2 aliphatic heterocycles. The summed E-state index contributed by atoms with van der Waals surface area (Å²) in [6.07, 6.45) is 3.53. The van der Waals surface area contributed by atoms with Gasteiger partial charge in [0.15, 0.2) is 0 Å². The summed E-state index contributed by atoms with van der Waals surface area (Å²) in [6, 6.07) is 9.58. The smallest absolute Gasteiger partial charge is 0.334 e. The van der Waals surface area contributed by atoms with Crippen LogP contribution in [0, 0.1) is 17.2 Å². The van der Waals surface area contributed by atoms with Crippen molar-refractivity contribution >= 4 is 23.8 Å². The van der Waals surface area contributed by atoms with Gasteiger partial charge in [0.25, 0.3) is 0 Å². The number of fused-ring (bicyclic) bond motifs is 1. The Kier molecular flexibility index (Phi) is 13.4. The number of amides is 4. The zero-order chi connectivity index (χ0) is 29.7. The number of aliphatic carboxylic acids is 1. The van der Waals surface area contributed by atoms with E-state index < -0.39 is 42.4 Å². The van der Waals surface area contributed by atoms with Crippen LogP contribution in [0.1, 0.15) is 71.8 Å². The van der Waals surface area contributed by atoms with Gasteiger partial charge in [-0.15, -0.1) is 0 Å². The van der Waals surface area contributed by atoms with Gasteiger partial charge in [0.2, 0.25) is 11.8 Å². The fourth-order valence-electron chi connectivity index (χ4n) is 5.22. The van der Waals surface area contributed by atoms with E-state index in [0.29, 0.717) is 6.54 Å². The number of carbonyl (C=O) groups is 4. The van der Waals surface area contributed by atoms with E-state index in [0.717, 1.165) is 37.7 Å². The highest BCUT2D eigenvalue weighted by atomic mass is 16.4. The van der Waals surface area contributed by atoms with Crippen molar-refractivity contribution in [3.05, 3.63) is 35.9 Å². The molecule has 2 fully saturated rings. The number of piperazine rings is 1. The number of carboxylic acid groups (broad SMARTS) is 1. The molecule has 3 atom stereocenters. The number of rotatable bonds is 12. The number of carbonyl (C=O) groups excluding carboxylic acids is 3. The second-order valence-electron chi connectivity index (χ2n) is 9.88. The van der Waals surface area contributed by atoms with E-state index in [1.807, 2.05) is 50.2 Å². The Morgan fingerprint density at radius 2 is 1.85 bits per heavy atom. The molecular formula is C29H44N6O5. The molecule has 0 aromatic heterocycles. The zero-order valence-electron chi connectivity index (χ0n) is 24.2. The van der Waals surface area contributed by atoms with Gasteiger partial charge in [-0.25, -0.2) is 9.80 Å². The summed E-state index contributed by atoms with van der Waals surface area (Å²) in [6.45, 7) is 8.38. The van der Waals surface area contributed by atoms with Crippen molar-refractivity contribution in [3.8, 4) is 6.07 Å². The van der Waals surface area contributed by atoms with Crippen LogP contribution < -0.4 is 5.32 Å². The van der Waals surface area contributed by atoms with Gasteiger partial charge in [-0.2, -0.15) is 10.3 Å². The summed E-state index contributed by atoms with van der Waals surface area (Å²) in [5.41, 5.74) is 0.875. The standard InChI is InChI=1S/C27H38N6O5.C2H6/c1-3-5-7-10-20(4-2)17-30-18-23-32(22(26(30)37)15-25(35)36)24(34)19-31(14-13-28)33(23)27(38)29-16-21-11-8-6-9-12-21;1-2/h6,8-9,11-12,20,22-23H,3-5,7,10,14-19H2,1-2H3,(H,29,38)(H,35,36);1-2H3/t20?,22?,23-;/m0./s1. The maximum Gasteiger partial charge on any atom is 0.334 e. The Morgan fingerprint density at radius 3 is 2.45 bits per heavy atom. The zero-order valence-corrected chi connectivity index (χ0v) is 24.2. The van der Waals surface area contributed by atoms with Gasteiger partial charge < -0.3 is 20.2 Å². The SMILES string of the molecule is CC.CCCCCC(CC)CN1C[C@H]2N(C(=O)CN(CC#N)N2C(=O)NCc2ccccc2)C(CC(=O)O)C1=O. The summed E-state index contributed by atoms with van der Waals surface area (Å²) in [5, 5.41) is 24.5. The van der Waals surface area contributed by atoms with E-state index in [1.54, 1.807) is 4.90 Å². The topological polar surface area (TPSA) is 137 Å². The third-order valence-corrected chi connectivity index (χ3v) is 7.22. The first-order chi connectivity index (χ1) is 19.3. The van der Waals surface area contributed by atoms with Crippen LogP contribution in [0.3, 0.4) is 0 Å². The molecule has 40 heavy (non-hydrogen) atoms. The van der Waals surface area contributed by atoms with Crippen molar-refractivity contribution in [1.29, 1.82) is 5.26 Å². The van der Waals surface area contributed by atoms with Gasteiger partial charge >= 0.3 is 12.0 Å². The fourth-order valence-corrected chi connectivity index (χ4v) is 5.22. The van der Waals surface area contributed by atoms with Crippen LogP contribution in [0.5, 0.6) is 0 Å². The van der Waals surface area contributed by atoms with Crippen LogP contribution >= 0.6 is 0 Å². The lowest BCUT2D eigenvalue weighted by Crippen LogP contribution is -2.76. The van der Waals surface area contributed by atoms with Gasteiger partial charge in [0, 0.05) is 13.1 Å². The molecule has 4 amide bonds. The van der Waals surface area contributed by atoms with E-state index in [4.69, 9.17) is 0 Å². The number of unbranched alkanes of at least 4 members (excludes halogenated alkanes) is 2. The highest BCUT2D eigenvalue weighted by Crippen LogP contribution is 2.29. The third kappa shape index (κ3) is 8.42. The van der Waals surface area contributed by atoms with Crippen molar-refractivity contribution in [1.82, 2.24) is 25.1 Å². The minimum Gasteiger partial charge on any atom is -0.481 e. The molecule has 0 radical (unpaired) electrons. The first-order valence-corrected chi connectivity index (χ1v) is 14.3. The molecule has 1 aromatic rings. The molecule has 0 bridgehead atoms. The summed E-state index contributed by atoms with van der Waals surface area (Å²) in [4.78, 5) is 54.8. The Morgan fingerprint density at radius 1 is 1.15 bits per heavy atom. The molecule has 2 heterocycles. The fraction of sp³-hybridized carbons (Fsp3) is 0.621.